The highest BCUT2D eigenvalue weighted by Gasteiger charge is 2.20. The van der Waals surface area contributed by atoms with E-state index in [-0.39, 0.29) is 5.41 Å². The molecular formula is C12H16NO2. The van der Waals surface area contributed by atoms with Crippen molar-refractivity contribution in [1.29, 1.82) is 0 Å². The number of anilines is 1. The molecule has 1 rings (SSSR count). The quantitative estimate of drug-likeness (QED) is 0.771. The highest BCUT2D eigenvalue weighted by atomic mass is 16.5. The second-order valence-electron chi connectivity index (χ2n) is 4.36. The number of benzene rings is 1. The number of hydrogen-bond donors (Lipinski definition) is 1. The van der Waals surface area contributed by atoms with Gasteiger partial charge in [0.2, 0.25) is 0 Å². The second-order valence-corrected chi connectivity index (χ2v) is 4.36. The molecule has 1 radical (unpaired) electrons. The highest BCUT2D eigenvalue weighted by Crippen LogP contribution is 2.35. The Kier molecular flexibility index (Phi) is 3.35. The molecule has 0 aliphatic heterocycles. The maximum atomic E-state index is 10.4. The minimum absolute atomic E-state index is 0.0479. The Morgan fingerprint density at radius 3 is 2.47 bits per heavy atom. The Hall–Kier alpha value is -1.51. The van der Waals surface area contributed by atoms with E-state index >= 15 is 0 Å². The standard InChI is InChI=1S/C12H16NO2/c1-12(2,3)9-6-5-7-10(15-4)11(9)13-8-14/h5-7H,1-4H3,(H,13,14). The first-order chi connectivity index (χ1) is 7.00. The lowest BCUT2D eigenvalue weighted by Crippen LogP contribution is -2.15. The van der Waals surface area contributed by atoms with Gasteiger partial charge in [0.15, 0.2) is 0 Å². The zero-order chi connectivity index (χ0) is 11.5. The van der Waals surface area contributed by atoms with E-state index in [2.05, 4.69) is 26.1 Å². The van der Waals surface area contributed by atoms with Crippen molar-refractivity contribution in [2.24, 2.45) is 0 Å². The number of hydrogen-bond acceptors (Lipinski definition) is 2. The fourth-order valence-corrected chi connectivity index (χ4v) is 1.51. The largest absolute Gasteiger partial charge is 0.495 e. The molecule has 0 saturated heterocycles. The van der Waals surface area contributed by atoms with E-state index in [1.165, 1.54) is 0 Å². The summed E-state index contributed by atoms with van der Waals surface area (Å²) in [7, 11) is 1.58. The summed E-state index contributed by atoms with van der Waals surface area (Å²) in [5.41, 5.74) is 1.68. The molecule has 0 aliphatic carbocycles. The van der Waals surface area contributed by atoms with Crippen LogP contribution in [0.1, 0.15) is 26.3 Å². The van der Waals surface area contributed by atoms with Crippen LogP contribution >= 0.6 is 0 Å². The monoisotopic (exact) mass is 206 g/mol. The summed E-state index contributed by atoms with van der Waals surface area (Å²) < 4.78 is 5.19. The smallest absolute Gasteiger partial charge is 0.314 e. The van der Waals surface area contributed by atoms with Gasteiger partial charge in [-0.3, -0.25) is 4.79 Å². The fourth-order valence-electron chi connectivity index (χ4n) is 1.51. The number of methoxy groups -OCH3 is 1. The Balaban J connectivity index is 3.31. The van der Waals surface area contributed by atoms with Crippen LogP contribution in [0.5, 0.6) is 5.75 Å². The van der Waals surface area contributed by atoms with Crippen molar-refractivity contribution in [1.82, 2.24) is 0 Å². The van der Waals surface area contributed by atoms with E-state index in [0.717, 1.165) is 5.56 Å². The molecule has 0 aliphatic rings. The maximum absolute atomic E-state index is 10.4. The third kappa shape index (κ3) is 2.49. The van der Waals surface area contributed by atoms with Gasteiger partial charge >= 0.3 is 6.41 Å². The van der Waals surface area contributed by atoms with Crippen LogP contribution in [0.4, 0.5) is 5.69 Å². The predicted octanol–water partition coefficient (Wildman–Crippen LogP) is 2.47. The Morgan fingerprint density at radius 2 is 2.00 bits per heavy atom. The van der Waals surface area contributed by atoms with E-state index in [1.807, 2.05) is 18.2 Å². The average Bonchev–Trinajstić information content (AvgIpc) is 2.17. The van der Waals surface area contributed by atoms with Gasteiger partial charge in [0.1, 0.15) is 5.75 Å². The Labute approximate surface area is 90.4 Å². The summed E-state index contributed by atoms with van der Waals surface area (Å²) in [5, 5.41) is 2.57. The van der Waals surface area contributed by atoms with Gasteiger partial charge in [0, 0.05) is 0 Å². The first-order valence-corrected chi connectivity index (χ1v) is 4.81. The second kappa shape index (κ2) is 4.34. The predicted molar refractivity (Wildman–Crippen MR) is 61.0 cm³/mol. The van der Waals surface area contributed by atoms with E-state index in [4.69, 9.17) is 4.74 Å². The zero-order valence-corrected chi connectivity index (χ0v) is 9.55. The summed E-state index contributed by atoms with van der Waals surface area (Å²) in [6.45, 7) is 6.24. The molecule has 0 spiro atoms. The fraction of sp³-hybridized carbons (Fsp3) is 0.417. The first kappa shape index (κ1) is 11.6. The minimum Gasteiger partial charge on any atom is -0.495 e. The molecule has 0 unspecified atom stereocenters. The van der Waals surface area contributed by atoms with E-state index in [0.29, 0.717) is 11.4 Å². The number of nitrogens with one attached hydrogen (secondary N) is 1. The van der Waals surface area contributed by atoms with Crippen molar-refractivity contribution < 1.29 is 9.53 Å². The highest BCUT2D eigenvalue weighted by molar-refractivity contribution is 5.79. The third-order valence-corrected chi connectivity index (χ3v) is 2.23. The molecule has 1 aromatic carbocycles. The molecule has 3 nitrogen and oxygen atoms in total. The van der Waals surface area contributed by atoms with Gasteiger partial charge in [-0.25, -0.2) is 0 Å². The molecule has 0 heterocycles. The van der Waals surface area contributed by atoms with Crippen LogP contribution in [-0.2, 0) is 10.2 Å². The lowest BCUT2D eigenvalue weighted by atomic mass is 9.85. The van der Waals surface area contributed by atoms with Crippen LogP contribution in [0.15, 0.2) is 18.2 Å². The number of ether oxygens (including phenoxy) is 1. The summed E-state index contributed by atoms with van der Waals surface area (Å²) in [4.78, 5) is 10.4. The molecule has 0 aromatic heterocycles. The first-order valence-electron chi connectivity index (χ1n) is 4.81. The van der Waals surface area contributed by atoms with Crippen LogP contribution in [0.2, 0.25) is 0 Å². The molecule has 1 aromatic rings. The summed E-state index contributed by atoms with van der Waals surface area (Å²) >= 11 is 0. The molecule has 1 N–H and O–H groups in total. The zero-order valence-electron chi connectivity index (χ0n) is 9.55. The van der Waals surface area contributed by atoms with Gasteiger partial charge in [-0.2, -0.15) is 0 Å². The molecule has 81 valence electrons. The van der Waals surface area contributed by atoms with Gasteiger partial charge in [-0.1, -0.05) is 32.9 Å². The molecule has 15 heavy (non-hydrogen) atoms. The molecule has 0 bridgehead atoms. The van der Waals surface area contributed by atoms with E-state index in [9.17, 15) is 4.79 Å². The molecule has 0 fully saturated rings. The molecule has 0 saturated carbocycles. The number of para-hydroxylation sites is 1. The van der Waals surface area contributed by atoms with Crippen LogP contribution in [-0.4, -0.2) is 13.5 Å². The van der Waals surface area contributed by atoms with Gasteiger partial charge in [0.25, 0.3) is 0 Å². The van der Waals surface area contributed by atoms with Crippen LogP contribution in [0.3, 0.4) is 0 Å². The van der Waals surface area contributed by atoms with Crippen LogP contribution in [0, 0.1) is 0 Å². The topological polar surface area (TPSA) is 38.3 Å². The average molecular weight is 206 g/mol. The molecular weight excluding hydrogens is 190 g/mol. The van der Waals surface area contributed by atoms with Gasteiger partial charge in [0.05, 0.1) is 12.8 Å². The Morgan fingerprint density at radius 1 is 1.33 bits per heavy atom. The minimum atomic E-state index is -0.0479. The SMILES string of the molecule is COc1cccc(C(C)(C)C)c1N[C]=O. The lowest BCUT2D eigenvalue weighted by Gasteiger charge is -2.23. The number of rotatable bonds is 3. The molecule has 1 amide bonds. The van der Waals surface area contributed by atoms with Crippen molar-refractivity contribution in [3.8, 4) is 5.75 Å². The lowest BCUT2D eigenvalue weighted by molar-refractivity contribution is 0.415. The molecule has 0 atom stereocenters. The van der Waals surface area contributed by atoms with Gasteiger partial charge in [-0.15, -0.1) is 0 Å². The Bertz CT molecular complexity index is 353. The summed E-state index contributed by atoms with van der Waals surface area (Å²) in [6, 6.07) is 5.70. The van der Waals surface area contributed by atoms with Gasteiger partial charge in [-0.05, 0) is 17.0 Å². The summed E-state index contributed by atoms with van der Waals surface area (Å²) in [5.74, 6) is 0.658. The normalized spacial score (nSPS) is 10.9. The summed E-state index contributed by atoms with van der Waals surface area (Å²) in [6.07, 6.45) is 1.69. The van der Waals surface area contributed by atoms with E-state index < -0.39 is 0 Å². The van der Waals surface area contributed by atoms with Crippen molar-refractivity contribution in [3.05, 3.63) is 23.8 Å². The van der Waals surface area contributed by atoms with Crippen LogP contribution < -0.4 is 10.1 Å². The number of carbonyl (C=O) groups excluding carboxylic acids is 1. The molecule has 3 heteroatoms. The maximum Gasteiger partial charge on any atom is 0.314 e. The number of amides is 1. The van der Waals surface area contributed by atoms with Crippen molar-refractivity contribution in [2.75, 3.05) is 12.4 Å². The van der Waals surface area contributed by atoms with Crippen molar-refractivity contribution in [2.45, 2.75) is 26.2 Å². The van der Waals surface area contributed by atoms with Crippen molar-refractivity contribution in [3.63, 3.8) is 0 Å². The van der Waals surface area contributed by atoms with E-state index in [1.54, 1.807) is 13.5 Å². The van der Waals surface area contributed by atoms with Gasteiger partial charge < -0.3 is 10.1 Å². The van der Waals surface area contributed by atoms with Crippen LogP contribution in [0.25, 0.3) is 0 Å². The van der Waals surface area contributed by atoms with Crippen molar-refractivity contribution >= 4 is 12.1 Å². The third-order valence-electron chi connectivity index (χ3n) is 2.23.